The monoisotopic (exact) mass is 404 g/mol. The minimum absolute atomic E-state index is 0. The van der Waals surface area contributed by atoms with E-state index in [0.717, 1.165) is 36.7 Å². The maximum atomic E-state index is 13.1. The normalized spacial score (nSPS) is 27.1. The lowest BCUT2D eigenvalue weighted by Gasteiger charge is -2.35. The van der Waals surface area contributed by atoms with E-state index in [4.69, 9.17) is 0 Å². The summed E-state index contributed by atoms with van der Waals surface area (Å²) in [6.07, 6.45) is 9.03. The van der Waals surface area contributed by atoms with Gasteiger partial charge in [-0.3, -0.25) is 9.36 Å². The molecule has 2 saturated heterocycles. The maximum Gasteiger partial charge on any atom is 0.326 e. The van der Waals surface area contributed by atoms with E-state index in [-0.39, 0.29) is 24.0 Å². The number of nitrogens with one attached hydrogen (secondary N) is 2. The lowest BCUT2D eigenvalue weighted by atomic mass is 9.98. The molecule has 1 saturated carbocycles. The second-order valence-corrected chi connectivity index (χ2v) is 8.65. The summed E-state index contributed by atoms with van der Waals surface area (Å²) in [6, 6.07) is 7.40. The van der Waals surface area contributed by atoms with E-state index < -0.39 is 0 Å². The van der Waals surface area contributed by atoms with E-state index >= 15 is 0 Å². The summed E-state index contributed by atoms with van der Waals surface area (Å²) in [5, 5.41) is 3.63. The van der Waals surface area contributed by atoms with Gasteiger partial charge < -0.3 is 15.2 Å². The summed E-state index contributed by atoms with van der Waals surface area (Å²) in [6.45, 7) is 0. The van der Waals surface area contributed by atoms with E-state index in [0.29, 0.717) is 29.7 Å². The Hall–Kier alpha value is -1.79. The van der Waals surface area contributed by atoms with Gasteiger partial charge in [0, 0.05) is 36.8 Å². The number of carbonyl (C=O) groups is 1. The predicted molar refractivity (Wildman–Crippen MR) is 112 cm³/mol. The second kappa shape index (κ2) is 7.56. The molecule has 2 aliphatic heterocycles. The molecule has 1 aliphatic carbocycles. The van der Waals surface area contributed by atoms with Crippen LogP contribution in [0.4, 0.5) is 0 Å². The molecule has 28 heavy (non-hydrogen) atoms. The number of piperidine rings is 1. The molecule has 5 rings (SSSR count). The van der Waals surface area contributed by atoms with Crippen LogP contribution in [0.25, 0.3) is 11.0 Å². The quantitative estimate of drug-likeness (QED) is 0.825. The van der Waals surface area contributed by atoms with Gasteiger partial charge in [-0.1, -0.05) is 12.8 Å². The number of aromatic amines is 1. The van der Waals surface area contributed by atoms with Gasteiger partial charge in [0.1, 0.15) is 0 Å². The average Bonchev–Trinajstić information content (AvgIpc) is 3.38. The molecule has 1 aromatic carbocycles. The molecule has 2 bridgehead atoms. The first kappa shape index (κ1) is 19.5. The number of aromatic nitrogens is 2. The molecule has 1 amide bonds. The first-order chi connectivity index (χ1) is 13.1. The molecule has 2 unspecified atom stereocenters. The molecule has 6 nitrogen and oxygen atoms in total. The molecular formula is C21H29ClN4O2. The third-order valence-electron chi connectivity index (χ3n) is 6.97. The largest absolute Gasteiger partial charge is 0.339 e. The molecule has 152 valence electrons. The van der Waals surface area contributed by atoms with Gasteiger partial charge in [0.15, 0.2) is 0 Å². The molecule has 0 spiro atoms. The first-order valence-electron chi connectivity index (χ1n) is 10.4. The number of hydrogen-bond donors (Lipinski definition) is 2. The van der Waals surface area contributed by atoms with Gasteiger partial charge in [-0.2, -0.15) is 0 Å². The molecular weight excluding hydrogens is 376 g/mol. The third-order valence-corrected chi connectivity index (χ3v) is 6.97. The van der Waals surface area contributed by atoms with Crippen LogP contribution < -0.4 is 11.0 Å². The van der Waals surface area contributed by atoms with Gasteiger partial charge in [0.05, 0.1) is 11.0 Å². The number of benzene rings is 1. The van der Waals surface area contributed by atoms with Crippen molar-refractivity contribution in [1.29, 1.82) is 0 Å². The molecule has 3 heterocycles. The van der Waals surface area contributed by atoms with E-state index in [1.807, 2.05) is 34.7 Å². The summed E-state index contributed by atoms with van der Waals surface area (Å²) >= 11 is 0. The van der Waals surface area contributed by atoms with Crippen LogP contribution in [0, 0.1) is 0 Å². The van der Waals surface area contributed by atoms with Crippen molar-refractivity contribution >= 4 is 29.3 Å². The van der Waals surface area contributed by atoms with Gasteiger partial charge in [0.25, 0.3) is 5.91 Å². The third kappa shape index (κ3) is 3.26. The number of carbonyl (C=O) groups excluding carboxylic acids is 1. The standard InChI is InChI=1S/C21H28N4O2.ClH/c1-24(17-11-14-7-8-15(12-17)22-14)20(26)13-6-9-19-18(10-13)23-21(27)25(19)16-4-2-3-5-16;/h6,9-10,14-17,22H,2-5,7-8,11-12H2,1H3,(H,23,27);1H. The molecule has 1 aromatic heterocycles. The van der Waals surface area contributed by atoms with Gasteiger partial charge >= 0.3 is 5.69 Å². The highest BCUT2D eigenvalue weighted by Crippen LogP contribution is 2.32. The Labute approximate surface area is 171 Å². The number of imidazole rings is 1. The average molecular weight is 405 g/mol. The van der Waals surface area contributed by atoms with Crippen LogP contribution in [-0.2, 0) is 0 Å². The van der Waals surface area contributed by atoms with Crippen molar-refractivity contribution in [3.63, 3.8) is 0 Å². The Balaban J connectivity index is 0.00000192. The van der Waals surface area contributed by atoms with Gasteiger partial charge in [-0.15, -0.1) is 12.4 Å². The number of H-pyrrole nitrogens is 1. The Kier molecular flexibility index (Phi) is 5.27. The number of amides is 1. The fourth-order valence-corrected chi connectivity index (χ4v) is 5.50. The smallest absolute Gasteiger partial charge is 0.326 e. The topological polar surface area (TPSA) is 70.1 Å². The van der Waals surface area contributed by atoms with Crippen molar-refractivity contribution in [2.75, 3.05) is 7.05 Å². The van der Waals surface area contributed by atoms with Gasteiger partial charge in [-0.25, -0.2) is 4.79 Å². The summed E-state index contributed by atoms with van der Waals surface area (Å²) in [7, 11) is 1.92. The molecule has 2 N–H and O–H groups in total. The van der Waals surface area contributed by atoms with Crippen molar-refractivity contribution < 1.29 is 4.79 Å². The van der Waals surface area contributed by atoms with Gasteiger partial charge in [-0.05, 0) is 56.7 Å². The number of halogens is 1. The Morgan fingerprint density at radius 2 is 1.79 bits per heavy atom. The van der Waals surface area contributed by atoms with E-state index in [2.05, 4.69) is 10.3 Å². The fraction of sp³-hybridized carbons (Fsp3) is 0.619. The van der Waals surface area contributed by atoms with Crippen LogP contribution in [0.15, 0.2) is 23.0 Å². The SMILES string of the molecule is CN(C(=O)c1ccc2c(c1)[nH]c(=O)n2C1CCCC1)C1CC2CCC(C1)N2.Cl. The van der Waals surface area contributed by atoms with Crippen molar-refractivity contribution in [3.8, 4) is 0 Å². The zero-order valence-electron chi connectivity index (χ0n) is 16.3. The molecule has 0 radical (unpaired) electrons. The Bertz CT molecular complexity index is 918. The van der Waals surface area contributed by atoms with E-state index in [9.17, 15) is 9.59 Å². The zero-order chi connectivity index (χ0) is 18.5. The van der Waals surface area contributed by atoms with Crippen LogP contribution in [0.2, 0.25) is 0 Å². The number of nitrogens with zero attached hydrogens (tertiary/aromatic N) is 2. The highest BCUT2D eigenvalue weighted by Gasteiger charge is 2.36. The lowest BCUT2D eigenvalue weighted by Crippen LogP contribution is -2.48. The van der Waals surface area contributed by atoms with Gasteiger partial charge in [0.2, 0.25) is 0 Å². The molecule has 2 atom stereocenters. The lowest BCUT2D eigenvalue weighted by molar-refractivity contribution is 0.0682. The Morgan fingerprint density at radius 3 is 2.46 bits per heavy atom. The van der Waals surface area contributed by atoms with Crippen molar-refractivity contribution in [3.05, 3.63) is 34.2 Å². The number of rotatable bonds is 3. The highest BCUT2D eigenvalue weighted by atomic mass is 35.5. The summed E-state index contributed by atoms with van der Waals surface area (Å²) in [4.78, 5) is 30.4. The molecule has 7 heteroatoms. The van der Waals surface area contributed by atoms with Crippen molar-refractivity contribution in [2.45, 2.75) is 75.5 Å². The highest BCUT2D eigenvalue weighted by molar-refractivity contribution is 5.97. The fourth-order valence-electron chi connectivity index (χ4n) is 5.50. The zero-order valence-corrected chi connectivity index (χ0v) is 17.1. The van der Waals surface area contributed by atoms with E-state index in [1.54, 1.807) is 0 Å². The predicted octanol–water partition coefficient (Wildman–Crippen LogP) is 3.22. The molecule has 3 aliphatic rings. The molecule has 3 fully saturated rings. The minimum atomic E-state index is -0.0511. The van der Waals surface area contributed by atoms with Crippen LogP contribution in [0.1, 0.15) is 67.8 Å². The second-order valence-electron chi connectivity index (χ2n) is 8.65. The maximum absolute atomic E-state index is 13.1. The van der Waals surface area contributed by atoms with Crippen LogP contribution in [0.3, 0.4) is 0 Å². The number of hydrogen-bond acceptors (Lipinski definition) is 3. The summed E-state index contributed by atoms with van der Waals surface area (Å²) < 4.78 is 1.89. The van der Waals surface area contributed by atoms with Crippen LogP contribution in [-0.4, -0.2) is 45.5 Å². The number of fused-ring (bicyclic) bond motifs is 3. The Morgan fingerprint density at radius 1 is 1.11 bits per heavy atom. The molecule has 2 aromatic rings. The van der Waals surface area contributed by atoms with Crippen molar-refractivity contribution in [2.24, 2.45) is 0 Å². The summed E-state index contributed by atoms with van der Waals surface area (Å²) in [5.74, 6) is 0.0534. The first-order valence-corrected chi connectivity index (χ1v) is 10.4. The minimum Gasteiger partial charge on any atom is -0.339 e. The summed E-state index contributed by atoms with van der Waals surface area (Å²) in [5.41, 5.74) is 2.31. The van der Waals surface area contributed by atoms with Crippen LogP contribution >= 0.6 is 12.4 Å². The van der Waals surface area contributed by atoms with E-state index in [1.165, 1.54) is 25.7 Å². The van der Waals surface area contributed by atoms with Crippen molar-refractivity contribution in [1.82, 2.24) is 19.8 Å². The van der Waals surface area contributed by atoms with Crippen LogP contribution in [0.5, 0.6) is 0 Å².